The fourth-order valence-corrected chi connectivity index (χ4v) is 2.15. The van der Waals surface area contributed by atoms with E-state index < -0.39 is 0 Å². The first kappa shape index (κ1) is 10.5. The Labute approximate surface area is 91.3 Å². The number of aromatic hydroxyl groups is 1. The van der Waals surface area contributed by atoms with Crippen molar-refractivity contribution in [3.05, 3.63) is 29.8 Å². The monoisotopic (exact) mass is 205 g/mol. The van der Waals surface area contributed by atoms with Crippen LogP contribution in [0.3, 0.4) is 0 Å². The second-order valence-corrected chi connectivity index (χ2v) is 4.64. The Balaban J connectivity index is 1.67. The lowest BCUT2D eigenvalue weighted by molar-refractivity contribution is 0.243. The smallest absolute Gasteiger partial charge is 0.115 e. The van der Waals surface area contributed by atoms with E-state index in [1.807, 2.05) is 12.1 Å². The van der Waals surface area contributed by atoms with E-state index >= 15 is 0 Å². The Bertz CT molecular complexity index is 301. The SMILES string of the molecule is CC1CC(NCCc2ccc(O)cc2)C1. The molecule has 1 saturated carbocycles. The first-order chi connectivity index (χ1) is 7.24. The molecule has 1 aliphatic carbocycles. The predicted octanol–water partition coefficient (Wildman–Crippen LogP) is 2.32. The van der Waals surface area contributed by atoms with Gasteiger partial charge in [-0.15, -0.1) is 0 Å². The van der Waals surface area contributed by atoms with E-state index in [-0.39, 0.29) is 0 Å². The average Bonchev–Trinajstić information content (AvgIpc) is 2.18. The van der Waals surface area contributed by atoms with Gasteiger partial charge in [0.05, 0.1) is 0 Å². The number of phenols is 1. The van der Waals surface area contributed by atoms with Crippen LogP contribution in [0.5, 0.6) is 5.75 Å². The summed E-state index contributed by atoms with van der Waals surface area (Å²) < 4.78 is 0. The summed E-state index contributed by atoms with van der Waals surface area (Å²) in [6, 6.07) is 8.22. The van der Waals surface area contributed by atoms with Crippen LogP contribution in [-0.4, -0.2) is 17.7 Å². The minimum atomic E-state index is 0.347. The van der Waals surface area contributed by atoms with E-state index in [4.69, 9.17) is 5.11 Å². The molecule has 0 unspecified atom stereocenters. The van der Waals surface area contributed by atoms with E-state index in [0.717, 1.165) is 24.9 Å². The van der Waals surface area contributed by atoms with Crippen LogP contribution in [0.2, 0.25) is 0 Å². The largest absolute Gasteiger partial charge is 0.508 e. The Kier molecular flexibility index (Phi) is 3.27. The zero-order valence-electron chi connectivity index (χ0n) is 9.24. The van der Waals surface area contributed by atoms with Crippen molar-refractivity contribution < 1.29 is 5.11 Å². The van der Waals surface area contributed by atoms with E-state index in [0.29, 0.717) is 5.75 Å². The minimum Gasteiger partial charge on any atom is -0.508 e. The molecule has 0 atom stereocenters. The molecule has 2 nitrogen and oxygen atoms in total. The van der Waals surface area contributed by atoms with Crippen molar-refractivity contribution in [2.45, 2.75) is 32.2 Å². The zero-order valence-corrected chi connectivity index (χ0v) is 9.24. The fraction of sp³-hybridized carbons (Fsp3) is 0.538. The van der Waals surface area contributed by atoms with Gasteiger partial charge in [0.15, 0.2) is 0 Å². The van der Waals surface area contributed by atoms with Crippen LogP contribution in [0.1, 0.15) is 25.3 Å². The molecule has 15 heavy (non-hydrogen) atoms. The van der Waals surface area contributed by atoms with E-state index in [1.54, 1.807) is 12.1 Å². The number of hydrogen-bond donors (Lipinski definition) is 2. The summed E-state index contributed by atoms with van der Waals surface area (Å²) in [5.41, 5.74) is 1.28. The molecule has 0 heterocycles. The summed E-state index contributed by atoms with van der Waals surface area (Å²) in [5, 5.41) is 12.7. The lowest BCUT2D eigenvalue weighted by Gasteiger charge is -2.33. The predicted molar refractivity (Wildman–Crippen MR) is 62.0 cm³/mol. The van der Waals surface area contributed by atoms with Gasteiger partial charge in [-0.3, -0.25) is 0 Å². The standard InChI is InChI=1S/C13H19NO/c1-10-8-12(9-10)14-7-6-11-2-4-13(15)5-3-11/h2-5,10,12,14-15H,6-9H2,1H3. The van der Waals surface area contributed by atoms with Gasteiger partial charge in [0.2, 0.25) is 0 Å². The van der Waals surface area contributed by atoms with Gasteiger partial charge in [-0.05, 0) is 49.4 Å². The van der Waals surface area contributed by atoms with E-state index in [9.17, 15) is 0 Å². The maximum absolute atomic E-state index is 9.13. The van der Waals surface area contributed by atoms with Crippen LogP contribution in [0, 0.1) is 5.92 Å². The molecule has 0 spiro atoms. The topological polar surface area (TPSA) is 32.3 Å². The first-order valence-corrected chi connectivity index (χ1v) is 5.75. The average molecular weight is 205 g/mol. The molecule has 0 saturated heterocycles. The molecule has 2 heteroatoms. The van der Waals surface area contributed by atoms with Crippen molar-refractivity contribution in [1.82, 2.24) is 5.32 Å². The van der Waals surface area contributed by atoms with Crippen LogP contribution in [0.15, 0.2) is 24.3 Å². The highest BCUT2D eigenvalue weighted by atomic mass is 16.3. The van der Waals surface area contributed by atoms with Crippen LogP contribution < -0.4 is 5.32 Å². The van der Waals surface area contributed by atoms with Gasteiger partial charge in [0.25, 0.3) is 0 Å². The summed E-state index contributed by atoms with van der Waals surface area (Å²) >= 11 is 0. The molecule has 1 fully saturated rings. The fourth-order valence-electron chi connectivity index (χ4n) is 2.15. The number of nitrogens with one attached hydrogen (secondary N) is 1. The normalized spacial score (nSPS) is 24.9. The minimum absolute atomic E-state index is 0.347. The second-order valence-electron chi connectivity index (χ2n) is 4.64. The summed E-state index contributed by atoms with van der Waals surface area (Å²) in [6.07, 6.45) is 3.70. The van der Waals surface area contributed by atoms with Crippen molar-refractivity contribution >= 4 is 0 Å². The molecule has 1 aromatic carbocycles. The van der Waals surface area contributed by atoms with Crippen LogP contribution in [-0.2, 0) is 6.42 Å². The Morgan fingerprint density at radius 1 is 1.27 bits per heavy atom. The third kappa shape index (κ3) is 2.96. The van der Waals surface area contributed by atoms with Crippen LogP contribution in [0.25, 0.3) is 0 Å². The molecule has 0 radical (unpaired) electrons. The highest BCUT2D eigenvalue weighted by Gasteiger charge is 2.23. The Morgan fingerprint density at radius 3 is 2.53 bits per heavy atom. The van der Waals surface area contributed by atoms with Gasteiger partial charge < -0.3 is 10.4 Å². The lowest BCUT2D eigenvalue weighted by Crippen LogP contribution is -2.40. The lowest BCUT2D eigenvalue weighted by atomic mass is 9.82. The molecule has 0 aliphatic heterocycles. The quantitative estimate of drug-likeness (QED) is 0.790. The molecule has 0 aromatic heterocycles. The highest BCUT2D eigenvalue weighted by Crippen LogP contribution is 2.26. The molecule has 0 bridgehead atoms. The second kappa shape index (κ2) is 4.67. The molecule has 2 N–H and O–H groups in total. The van der Waals surface area contributed by atoms with Crippen LogP contribution >= 0.6 is 0 Å². The highest BCUT2D eigenvalue weighted by molar-refractivity contribution is 5.25. The maximum Gasteiger partial charge on any atom is 0.115 e. The van der Waals surface area contributed by atoms with Gasteiger partial charge in [-0.2, -0.15) is 0 Å². The van der Waals surface area contributed by atoms with Crippen molar-refractivity contribution in [2.75, 3.05) is 6.54 Å². The van der Waals surface area contributed by atoms with Crippen molar-refractivity contribution in [1.29, 1.82) is 0 Å². The number of benzene rings is 1. The molecule has 1 aromatic rings. The molecule has 0 amide bonds. The molecular formula is C13H19NO. The van der Waals surface area contributed by atoms with Gasteiger partial charge in [-0.25, -0.2) is 0 Å². The first-order valence-electron chi connectivity index (χ1n) is 5.75. The summed E-state index contributed by atoms with van der Waals surface area (Å²) in [6.45, 7) is 3.35. The van der Waals surface area contributed by atoms with Crippen molar-refractivity contribution in [2.24, 2.45) is 5.92 Å². The van der Waals surface area contributed by atoms with Gasteiger partial charge in [-0.1, -0.05) is 19.1 Å². The molecular weight excluding hydrogens is 186 g/mol. The molecule has 82 valence electrons. The molecule has 1 aliphatic rings. The number of hydrogen-bond acceptors (Lipinski definition) is 2. The number of rotatable bonds is 4. The Morgan fingerprint density at radius 2 is 1.93 bits per heavy atom. The van der Waals surface area contributed by atoms with Gasteiger partial charge in [0.1, 0.15) is 5.75 Å². The third-order valence-electron chi connectivity index (χ3n) is 3.16. The van der Waals surface area contributed by atoms with Crippen molar-refractivity contribution in [3.8, 4) is 5.75 Å². The summed E-state index contributed by atoms with van der Waals surface area (Å²) in [4.78, 5) is 0. The van der Waals surface area contributed by atoms with Crippen LogP contribution in [0.4, 0.5) is 0 Å². The van der Waals surface area contributed by atoms with Gasteiger partial charge in [0, 0.05) is 6.04 Å². The van der Waals surface area contributed by atoms with E-state index in [1.165, 1.54) is 18.4 Å². The molecule has 2 rings (SSSR count). The third-order valence-corrected chi connectivity index (χ3v) is 3.16. The number of phenolic OH excluding ortho intramolecular Hbond substituents is 1. The Hall–Kier alpha value is -1.02. The zero-order chi connectivity index (χ0) is 10.7. The maximum atomic E-state index is 9.13. The van der Waals surface area contributed by atoms with Gasteiger partial charge >= 0.3 is 0 Å². The van der Waals surface area contributed by atoms with E-state index in [2.05, 4.69) is 12.2 Å². The van der Waals surface area contributed by atoms with Crippen molar-refractivity contribution in [3.63, 3.8) is 0 Å². The summed E-state index contributed by atoms with van der Waals surface area (Å²) in [7, 11) is 0. The summed E-state index contributed by atoms with van der Waals surface area (Å²) in [5.74, 6) is 1.26.